The van der Waals surface area contributed by atoms with Crippen LogP contribution in [0.1, 0.15) is 45.1 Å². The van der Waals surface area contributed by atoms with E-state index in [9.17, 15) is 10.1 Å². The van der Waals surface area contributed by atoms with Crippen molar-refractivity contribution in [2.24, 2.45) is 5.41 Å². The summed E-state index contributed by atoms with van der Waals surface area (Å²) < 4.78 is 0. The third kappa shape index (κ3) is 3.49. The molecule has 130 valence electrons. The van der Waals surface area contributed by atoms with Gasteiger partial charge < -0.3 is 5.32 Å². The predicted octanol–water partition coefficient (Wildman–Crippen LogP) is 5.16. The number of rotatable bonds is 3. The molecule has 1 N–H and O–H groups in total. The number of hydrogen-bond donors (Lipinski definition) is 1. The molecule has 0 amide bonds. The van der Waals surface area contributed by atoms with Crippen molar-refractivity contribution in [3.05, 3.63) is 56.7 Å². The van der Waals surface area contributed by atoms with Crippen LogP contribution in [0.15, 0.2) is 46.1 Å². The molecular formula is C20H21ClN2OS. The molecule has 0 saturated heterocycles. The van der Waals surface area contributed by atoms with Crippen molar-refractivity contribution in [3.8, 4) is 6.07 Å². The minimum atomic E-state index is -0.309. The lowest BCUT2D eigenvalue weighted by Crippen LogP contribution is -2.36. The SMILES string of the molecule is CCSC1=C(C#N)C(c2ccc(Cl)cc2)C2=C(CC(C)(C)CC2=O)N1. The highest BCUT2D eigenvalue weighted by Gasteiger charge is 2.41. The van der Waals surface area contributed by atoms with Crippen LogP contribution >= 0.6 is 23.4 Å². The lowest BCUT2D eigenvalue weighted by atomic mass is 9.69. The number of allylic oxidation sites excluding steroid dienone is 3. The summed E-state index contributed by atoms with van der Waals surface area (Å²) in [5.74, 6) is 0.684. The molecular weight excluding hydrogens is 352 g/mol. The van der Waals surface area contributed by atoms with Crippen molar-refractivity contribution in [3.63, 3.8) is 0 Å². The molecule has 0 spiro atoms. The Hall–Kier alpha value is -1.70. The molecule has 0 saturated carbocycles. The molecule has 1 aliphatic heterocycles. The molecule has 1 aromatic rings. The maximum Gasteiger partial charge on any atom is 0.162 e. The normalized spacial score (nSPS) is 22.4. The second-order valence-electron chi connectivity index (χ2n) is 7.23. The summed E-state index contributed by atoms with van der Waals surface area (Å²) in [5.41, 5.74) is 3.22. The first-order valence-electron chi connectivity index (χ1n) is 8.42. The van der Waals surface area contributed by atoms with Crippen molar-refractivity contribution in [1.29, 1.82) is 5.26 Å². The molecule has 3 rings (SSSR count). The maximum atomic E-state index is 13.0. The molecule has 0 aromatic heterocycles. The molecule has 3 nitrogen and oxygen atoms in total. The Morgan fingerprint density at radius 3 is 2.60 bits per heavy atom. The number of carbonyl (C=O) groups is 1. The average Bonchev–Trinajstić information content (AvgIpc) is 2.53. The largest absolute Gasteiger partial charge is 0.352 e. The predicted molar refractivity (Wildman–Crippen MR) is 103 cm³/mol. The molecule has 5 heteroatoms. The van der Waals surface area contributed by atoms with Gasteiger partial charge in [-0.25, -0.2) is 0 Å². The molecule has 1 heterocycles. The van der Waals surface area contributed by atoms with Crippen molar-refractivity contribution in [2.45, 2.75) is 39.5 Å². The van der Waals surface area contributed by atoms with Crippen molar-refractivity contribution in [2.75, 3.05) is 5.75 Å². The van der Waals surface area contributed by atoms with E-state index in [0.29, 0.717) is 17.0 Å². The number of ketones is 1. The summed E-state index contributed by atoms with van der Waals surface area (Å²) in [4.78, 5) is 13.0. The number of thioether (sulfide) groups is 1. The number of halogens is 1. The number of nitrogens with zero attached hydrogens (tertiary/aromatic N) is 1. The van der Waals surface area contributed by atoms with Crippen LogP contribution in [0.5, 0.6) is 0 Å². The van der Waals surface area contributed by atoms with Crippen LogP contribution in [0.25, 0.3) is 0 Å². The van der Waals surface area contributed by atoms with Crippen LogP contribution in [0.3, 0.4) is 0 Å². The van der Waals surface area contributed by atoms with Crippen LogP contribution in [-0.2, 0) is 4.79 Å². The lowest BCUT2D eigenvalue weighted by molar-refractivity contribution is -0.118. The van der Waals surface area contributed by atoms with E-state index in [1.807, 2.05) is 24.3 Å². The van der Waals surface area contributed by atoms with Crippen LogP contribution in [0, 0.1) is 16.7 Å². The fourth-order valence-corrected chi connectivity index (χ4v) is 4.55. The van der Waals surface area contributed by atoms with E-state index in [0.717, 1.165) is 34.0 Å². The van der Waals surface area contributed by atoms with E-state index in [1.54, 1.807) is 11.8 Å². The van der Waals surface area contributed by atoms with Gasteiger partial charge in [0.2, 0.25) is 0 Å². The Labute approximate surface area is 158 Å². The van der Waals surface area contributed by atoms with Crippen LogP contribution in [0.4, 0.5) is 0 Å². The van der Waals surface area contributed by atoms with Crippen molar-refractivity contribution >= 4 is 29.1 Å². The first-order valence-corrected chi connectivity index (χ1v) is 9.78. The maximum absolute atomic E-state index is 13.0. The minimum absolute atomic E-state index is 0.0698. The van der Waals surface area contributed by atoms with E-state index in [1.165, 1.54) is 0 Å². The highest BCUT2D eigenvalue weighted by atomic mass is 35.5. The zero-order valence-electron chi connectivity index (χ0n) is 14.6. The highest BCUT2D eigenvalue weighted by Crippen LogP contribution is 2.47. The summed E-state index contributed by atoms with van der Waals surface area (Å²) in [5, 5.41) is 14.8. The van der Waals surface area contributed by atoms with Gasteiger partial charge in [0.25, 0.3) is 0 Å². The first kappa shape index (κ1) is 18.1. The second-order valence-corrected chi connectivity index (χ2v) is 8.94. The summed E-state index contributed by atoms with van der Waals surface area (Å²) in [6.07, 6.45) is 1.32. The van der Waals surface area contributed by atoms with Crippen molar-refractivity contribution < 1.29 is 4.79 Å². The van der Waals surface area contributed by atoms with Crippen LogP contribution in [0.2, 0.25) is 5.02 Å². The molecule has 0 fully saturated rings. The molecule has 2 aliphatic rings. The van der Waals surface area contributed by atoms with E-state index in [2.05, 4.69) is 32.2 Å². The second kappa shape index (κ2) is 6.90. The van der Waals surface area contributed by atoms with Gasteiger partial charge in [-0.3, -0.25) is 4.79 Å². The van der Waals surface area contributed by atoms with Gasteiger partial charge in [-0.2, -0.15) is 5.26 Å². The summed E-state index contributed by atoms with van der Waals surface area (Å²) in [6, 6.07) is 9.82. The average molecular weight is 373 g/mol. The third-order valence-electron chi connectivity index (χ3n) is 4.62. The molecule has 25 heavy (non-hydrogen) atoms. The smallest absolute Gasteiger partial charge is 0.162 e. The molecule has 0 radical (unpaired) electrons. The molecule has 1 atom stereocenters. The van der Waals surface area contributed by atoms with Gasteiger partial charge in [0.15, 0.2) is 5.78 Å². The van der Waals surface area contributed by atoms with Gasteiger partial charge in [-0.1, -0.05) is 44.5 Å². The fraction of sp³-hybridized carbons (Fsp3) is 0.400. The van der Waals surface area contributed by atoms with Gasteiger partial charge in [0.05, 0.1) is 22.6 Å². The Morgan fingerprint density at radius 1 is 1.32 bits per heavy atom. The number of dihydropyridines is 1. The van der Waals surface area contributed by atoms with Gasteiger partial charge >= 0.3 is 0 Å². The topological polar surface area (TPSA) is 52.9 Å². The Kier molecular flexibility index (Phi) is 4.99. The van der Waals surface area contributed by atoms with E-state index >= 15 is 0 Å². The first-order chi connectivity index (χ1) is 11.9. The summed E-state index contributed by atoms with van der Waals surface area (Å²) in [7, 11) is 0. The lowest BCUT2D eigenvalue weighted by Gasteiger charge is -2.39. The van der Waals surface area contributed by atoms with Gasteiger partial charge in [-0.05, 0) is 35.3 Å². The highest BCUT2D eigenvalue weighted by molar-refractivity contribution is 8.03. The number of nitriles is 1. The van der Waals surface area contributed by atoms with Gasteiger partial charge in [0, 0.05) is 22.7 Å². The summed E-state index contributed by atoms with van der Waals surface area (Å²) >= 11 is 7.65. The fourth-order valence-electron chi connectivity index (χ4n) is 3.62. The monoisotopic (exact) mass is 372 g/mol. The van der Waals surface area contributed by atoms with E-state index in [4.69, 9.17) is 11.6 Å². The number of hydrogen-bond acceptors (Lipinski definition) is 4. The quantitative estimate of drug-likeness (QED) is 0.796. The zero-order chi connectivity index (χ0) is 18.2. The zero-order valence-corrected chi connectivity index (χ0v) is 16.2. The molecule has 0 bridgehead atoms. The number of Topliss-reactive ketones (excluding diaryl/α,β-unsaturated/α-hetero) is 1. The van der Waals surface area contributed by atoms with Crippen molar-refractivity contribution in [1.82, 2.24) is 5.32 Å². The molecule has 1 aromatic carbocycles. The standard InChI is InChI=1S/C20H21ClN2OS/c1-4-25-19-14(11-22)17(12-5-7-13(21)8-6-12)18-15(23-19)9-20(2,3)10-16(18)24/h5-8,17,23H,4,9-10H2,1-3H3. The number of carbonyl (C=O) groups excluding carboxylic acids is 1. The number of benzene rings is 1. The third-order valence-corrected chi connectivity index (χ3v) is 5.77. The van der Waals surface area contributed by atoms with Gasteiger partial charge in [0.1, 0.15) is 0 Å². The molecule has 1 unspecified atom stereocenters. The van der Waals surface area contributed by atoms with E-state index in [-0.39, 0.29) is 17.1 Å². The van der Waals surface area contributed by atoms with E-state index < -0.39 is 0 Å². The Bertz CT molecular complexity index is 815. The molecule has 1 aliphatic carbocycles. The minimum Gasteiger partial charge on any atom is -0.352 e. The Morgan fingerprint density at radius 2 is 2.00 bits per heavy atom. The van der Waals surface area contributed by atoms with Crippen LogP contribution in [-0.4, -0.2) is 11.5 Å². The van der Waals surface area contributed by atoms with Gasteiger partial charge in [-0.15, -0.1) is 11.8 Å². The number of nitrogens with one attached hydrogen (secondary N) is 1. The Balaban J connectivity index is 2.18. The summed E-state index contributed by atoms with van der Waals surface area (Å²) in [6.45, 7) is 6.29. The van der Waals surface area contributed by atoms with Crippen LogP contribution < -0.4 is 5.32 Å².